The Balaban J connectivity index is 2.18. The van der Waals surface area contributed by atoms with Crippen LogP contribution < -0.4 is 10.5 Å². The summed E-state index contributed by atoms with van der Waals surface area (Å²) in [5.74, 6) is 0.453. The maximum Gasteiger partial charge on any atom is 0.129 e. The molecule has 0 unspecified atom stereocenters. The van der Waals surface area contributed by atoms with Crippen molar-refractivity contribution in [2.75, 3.05) is 0 Å². The first kappa shape index (κ1) is 14.5. The van der Waals surface area contributed by atoms with Gasteiger partial charge in [0.15, 0.2) is 0 Å². The van der Waals surface area contributed by atoms with Crippen molar-refractivity contribution in [2.24, 2.45) is 5.73 Å². The predicted molar refractivity (Wildman–Crippen MR) is 82.4 cm³/mol. The molecule has 0 saturated heterocycles. The van der Waals surface area contributed by atoms with Gasteiger partial charge in [-0.25, -0.2) is 4.39 Å². The van der Waals surface area contributed by atoms with Gasteiger partial charge in [0.2, 0.25) is 0 Å². The second kappa shape index (κ2) is 6.48. The molecule has 0 aromatic heterocycles. The fraction of sp³-hybridized carbons (Fsp3) is 0.188. The maximum absolute atomic E-state index is 13.8. The van der Waals surface area contributed by atoms with Crippen molar-refractivity contribution in [1.82, 2.24) is 0 Å². The lowest BCUT2D eigenvalue weighted by Gasteiger charge is -2.11. The average Bonchev–Trinajstić information content (AvgIpc) is 2.46. The molecular weight excluding hydrogens is 273 g/mol. The molecule has 0 amide bonds. The van der Waals surface area contributed by atoms with E-state index in [1.807, 2.05) is 24.3 Å². The van der Waals surface area contributed by atoms with Gasteiger partial charge in [0, 0.05) is 11.1 Å². The van der Waals surface area contributed by atoms with Crippen LogP contribution in [0.1, 0.15) is 23.6 Å². The molecule has 0 saturated carbocycles. The van der Waals surface area contributed by atoms with Gasteiger partial charge in [-0.3, -0.25) is 0 Å². The summed E-state index contributed by atoms with van der Waals surface area (Å²) >= 11 is 4.90. The highest BCUT2D eigenvalue weighted by atomic mass is 32.1. The first-order chi connectivity index (χ1) is 9.61. The minimum atomic E-state index is -0.320. The first-order valence-corrected chi connectivity index (χ1v) is 6.81. The summed E-state index contributed by atoms with van der Waals surface area (Å²) in [5, 5.41) is 0. The largest absolute Gasteiger partial charge is 0.489 e. The number of benzene rings is 2. The molecule has 2 aromatic rings. The Labute approximate surface area is 123 Å². The summed E-state index contributed by atoms with van der Waals surface area (Å²) in [4.78, 5) is 0.250. The SMILES string of the molecule is CCc1ccccc1OCc1cc(C(N)=S)ccc1F. The van der Waals surface area contributed by atoms with Gasteiger partial charge in [0.05, 0.1) is 0 Å². The molecule has 104 valence electrons. The molecular formula is C16H16FNOS. The van der Waals surface area contributed by atoms with E-state index in [-0.39, 0.29) is 17.4 Å². The number of halogens is 1. The van der Waals surface area contributed by atoms with Crippen molar-refractivity contribution in [3.63, 3.8) is 0 Å². The number of thiocarbonyl (C=S) groups is 1. The highest BCUT2D eigenvalue weighted by Crippen LogP contribution is 2.21. The molecule has 0 aliphatic carbocycles. The monoisotopic (exact) mass is 289 g/mol. The minimum Gasteiger partial charge on any atom is -0.489 e. The summed E-state index contributed by atoms with van der Waals surface area (Å²) in [6.07, 6.45) is 0.867. The van der Waals surface area contributed by atoms with Crippen LogP contribution in [0.25, 0.3) is 0 Å². The minimum absolute atomic E-state index is 0.152. The normalized spacial score (nSPS) is 10.3. The van der Waals surface area contributed by atoms with E-state index in [1.165, 1.54) is 6.07 Å². The van der Waals surface area contributed by atoms with E-state index in [1.54, 1.807) is 12.1 Å². The number of hydrogen-bond donors (Lipinski definition) is 1. The molecule has 0 atom stereocenters. The van der Waals surface area contributed by atoms with Crippen LogP contribution in [0.5, 0.6) is 5.75 Å². The van der Waals surface area contributed by atoms with Gasteiger partial charge in [0.1, 0.15) is 23.2 Å². The van der Waals surface area contributed by atoms with Crippen molar-refractivity contribution in [3.05, 3.63) is 65.0 Å². The lowest BCUT2D eigenvalue weighted by molar-refractivity contribution is 0.297. The molecule has 4 heteroatoms. The second-order valence-corrected chi connectivity index (χ2v) is 4.86. The molecule has 0 fully saturated rings. The van der Waals surface area contributed by atoms with Gasteiger partial charge >= 0.3 is 0 Å². The Bertz CT molecular complexity index is 628. The summed E-state index contributed by atoms with van der Waals surface area (Å²) in [7, 11) is 0. The number of hydrogen-bond acceptors (Lipinski definition) is 2. The summed E-state index contributed by atoms with van der Waals surface area (Å²) in [6.45, 7) is 2.20. The zero-order valence-electron chi connectivity index (χ0n) is 11.2. The Morgan fingerprint density at radius 3 is 2.65 bits per heavy atom. The Morgan fingerprint density at radius 2 is 1.95 bits per heavy atom. The van der Waals surface area contributed by atoms with Gasteiger partial charge in [-0.2, -0.15) is 0 Å². The first-order valence-electron chi connectivity index (χ1n) is 6.40. The lowest BCUT2D eigenvalue weighted by Crippen LogP contribution is -2.11. The summed E-state index contributed by atoms with van der Waals surface area (Å²) < 4.78 is 19.5. The second-order valence-electron chi connectivity index (χ2n) is 4.42. The third-order valence-corrected chi connectivity index (χ3v) is 3.30. The van der Waals surface area contributed by atoms with Crippen LogP contribution in [-0.2, 0) is 13.0 Å². The van der Waals surface area contributed by atoms with Crippen molar-refractivity contribution in [3.8, 4) is 5.75 Å². The molecule has 2 rings (SSSR count). The van der Waals surface area contributed by atoms with Crippen molar-refractivity contribution in [2.45, 2.75) is 20.0 Å². The summed E-state index contributed by atoms with van der Waals surface area (Å²) in [6, 6.07) is 12.3. The van der Waals surface area contributed by atoms with Gasteiger partial charge in [0.25, 0.3) is 0 Å². The number of nitrogens with two attached hydrogens (primary N) is 1. The average molecular weight is 289 g/mol. The maximum atomic E-state index is 13.8. The van der Waals surface area contributed by atoms with Crippen molar-refractivity contribution < 1.29 is 9.13 Å². The Hall–Kier alpha value is -1.94. The van der Waals surface area contributed by atoms with Crippen molar-refractivity contribution in [1.29, 1.82) is 0 Å². The highest BCUT2D eigenvalue weighted by molar-refractivity contribution is 7.80. The van der Waals surface area contributed by atoms with Crippen molar-refractivity contribution >= 4 is 17.2 Å². The van der Waals surface area contributed by atoms with Crippen LogP contribution in [-0.4, -0.2) is 4.99 Å². The van der Waals surface area contributed by atoms with Crippen LogP contribution >= 0.6 is 12.2 Å². The van der Waals surface area contributed by atoms with E-state index in [0.717, 1.165) is 17.7 Å². The fourth-order valence-electron chi connectivity index (χ4n) is 1.93. The molecule has 20 heavy (non-hydrogen) atoms. The molecule has 0 aliphatic heterocycles. The van der Waals surface area contributed by atoms with Crippen LogP contribution in [0.2, 0.25) is 0 Å². The molecule has 0 aliphatic rings. The zero-order chi connectivity index (χ0) is 14.5. The third-order valence-electron chi connectivity index (χ3n) is 3.07. The molecule has 0 spiro atoms. The van der Waals surface area contributed by atoms with Gasteiger partial charge in [-0.15, -0.1) is 0 Å². The van der Waals surface area contributed by atoms with Gasteiger partial charge in [-0.1, -0.05) is 37.3 Å². The smallest absolute Gasteiger partial charge is 0.129 e. The van der Waals surface area contributed by atoms with E-state index in [9.17, 15) is 4.39 Å². The molecule has 0 radical (unpaired) electrons. The van der Waals surface area contributed by atoms with Crippen LogP contribution in [0.15, 0.2) is 42.5 Å². The molecule has 2 aromatic carbocycles. The third kappa shape index (κ3) is 3.33. The lowest BCUT2D eigenvalue weighted by atomic mass is 10.1. The van der Waals surface area contributed by atoms with Gasteiger partial charge < -0.3 is 10.5 Å². The van der Waals surface area contributed by atoms with Crippen LogP contribution in [0, 0.1) is 5.82 Å². The molecule has 0 bridgehead atoms. The van der Waals surface area contributed by atoms with E-state index >= 15 is 0 Å². The Morgan fingerprint density at radius 1 is 1.20 bits per heavy atom. The predicted octanol–water partition coefficient (Wildman–Crippen LogP) is 3.60. The van der Waals surface area contributed by atoms with E-state index < -0.39 is 0 Å². The molecule has 2 nitrogen and oxygen atoms in total. The number of ether oxygens (including phenoxy) is 1. The highest BCUT2D eigenvalue weighted by Gasteiger charge is 2.07. The number of aryl methyl sites for hydroxylation is 1. The quantitative estimate of drug-likeness (QED) is 0.854. The van der Waals surface area contributed by atoms with E-state index in [0.29, 0.717) is 11.1 Å². The molecule has 2 N–H and O–H groups in total. The van der Waals surface area contributed by atoms with Crippen LogP contribution in [0.4, 0.5) is 4.39 Å². The van der Waals surface area contributed by atoms with Gasteiger partial charge in [-0.05, 0) is 36.2 Å². The van der Waals surface area contributed by atoms with Crippen LogP contribution in [0.3, 0.4) is 0 Å². The topological polar surface area (TPSA) is 35.2 Å². The summed E-state index contributed by atoms with van der Waals surface area (Å²) in [5.41, 5.74) is 7.74. The Kier molecular flexibility index (Phi) is 4.69. The fourth-order valence-corrected chi connectivity index (χ4v) is 2.06. The number of rotatable bonds is 5. The van der Waals surface area contributed by atoms with E-state index in [4.69, 9.17) is 22.7 Å². The number of para-hydroxylation sites is 1. The standard InChI is InChI=1S/C16H16FNOS/c1-2-11-5-3-4-6-15(11)19-10-13-9-12(16(18)20)7-8-14(13)17/h3-9H,2,10H2,1H3,(H2,18,20). The van der Waals surface area contributed by atoms with E-state index in [2.05, 4.69) is 6.92 Å². The molecule has 0 heterocycles. The zero-order valence-corrected chi connectivity index (χ0v) is 12.0.